The first kappa shape index (κ1) is 20.7. The summed E-state index contributed by atoms with van der Waals surface area (Å²) >= 11 is 9.84. The zero-order chi connectivity index (χ0) is 21.5. The summed E-state index contributed by atoms with van der Waals surface area (Å²) in [4.78, 5) is 20.3. The van der Waals surface area contributed by atoms with Gasteiger partial charge >= 0.3 is 0 Å². The molecule has 1 aliphatic heterocycles. The number of hydrogen-bond donors (Lipinski definition) is 0. The molecular formula is C21H22BrClN6O2. The SMILES string of the molecule is CN1CCN(Cc2cc(Cl)cnc2Oc2ccc3c(nnn3CC3CC3)c2Br)CC1=O. The lowest BCUT2D eigenvalue weighted by Gasteiger charge is -2.32. The molecule has 10 heteroatoms. The third-order valence-electron chi connectivity index (χ3n) is 5.75. The Morgan fingerprint density at radius 1 is 1.29 bits per heavy atom. The Morgan fingerprint density at radius 3 is 2.90 bits per heavy atom. The van der Waals surface area contributed by atoms with E-state index in [-0.39, 0.29) is 5.91 Å². The Balaban J connectivity index is 1.40. The van der Waals surface area contributed by atoms with Gasteiger partial charge in [0.05, 0.1) is 21.6 Å². The van der Waals surface area contributed by atoms with E-state index >= 15 is 0 Å². The van der Waals surface area contributed by atoms with Crippen molar-refractivity contribution in [3.8, 4) is 11.6 Å². The highest BCUT2D eigenvalue weighted by Gasteiger charge is 2.25. The second kappa shape index (κ2) is 8.37. The minimum absolute atomic E-state index is 0.103. The number of hydrogen-bond acceptors (Lipinski definition) is 6. The second-order valence-electron chi connectivity index (χ2n) is 8.21. The van der Waals surface area contributed by atoms with Gasteiger partial charge in [-0.3, -0.25) is 9.69 Å². The van der Waals surface area contributed by atoms with E-state index in [1.165, 1.54) is 12.8 Å². The van der Waals surface area contributed by atoms with Crippen LogP contribution in [0.1, 0.15) is 18.4 Å². The number of fused-ring (bicyclic) bond motifs is 1. The van der Waals surface area contributed by atoms with E-state index in [0.29, 0.717) is 42.2 Å². The average molecular weight is 506 g/mol. The highest BCUT2D eigenvalue weighted by atomic mass is 79.9. The predicted molar refractivity (Wildman–Crippen MR) is 120 cm³/mol. The Bertz CT molecular complexity index is 1150. The molecule has 0 radical (unpaired) electrons. The molecule has 2 aromatic heterocycles. The topological polar surface area (TPSA) is 76.4 Å². The van der Waals surface area contributed by atoms with Gasteiger partial charge in [-0.1, -0.05) is 16.8 Å². The summed E-state index contributed by atoms with van der Waals surface area (Å²) in [5, 5.41) is 9.18. The first-order valence-electron chi connectivity index (χ1n) is 10.3. The molecule has 1 aromatic carbocycles. The van der Waals surface area contributed by atoms with Crippen LogP contribution in [0.2, 0.25) is 5.02 Å². The van der Waals surface area contributed by atoms with Crippen molar-refractivity contribution in [3.63, 3.8) is 0 Å². The summed E-state index contributed by atoms with van der Waals surface area (Å²) in [6.07, 6.45) is 4.08. The maximum Gasteiger partial charge on any atom is 0.236 e. The van der Waals surface area contributed by atoms with Crippen molar-refractivity contribution < 1.29 is 9.53 Å². The van der Waals surface area contributed by atoms with Crippen LogP contribution >= 0.6 is 27.5 Å². The number of nitrogens with zero attached hydrogens (tertiary/aromatic N) is 6. The predicted octanol–water partition coefficient (Wildman–Crippen LogP) is 3.72. The molecule has 162 valence electrons. The maximum atomic E-state index is 12.1. The Morgan fingerprint density at radius 2 is 2.13 bits per heavy atom. The molecule has 3 heterocycles. The van der Waals surface area contributed by atoms with Gasteiger partial charge in [-0.05, 0) is 52.9 Å². The largest absolute Gasteiger partial charge is 0.437 e. The molecule has 2 aliphatic rings. The third kappa shape index (κ3) is 4.40. The van der Waals surface area contributed by atoms with Crippen LogP contribution in [0.4, 0.5) is 0 Å². The van der Waals surface area contributed by atoms with Crippen molar-refractivity contribution in [2.45, 2.75) is 25.9 Å². The molecule has 0 bridgehead atoms. The van der Waals surface area contributed by atoms with Crippen LogP contribution in [0, 0.1) is 5.92 Å². The summed E-state index contributed by atoms with van der Waals surface area (Å²) in [5.41, 5.74) is 2.57. The first-order chi connectivity index (χ1) is 15.0. The number of piperazine rings is 1. The van der Waals surface area contributed by atoms with Crippen LogP contribution in [0.3, 0.4) is 0 Å². The minimum atomic E-state index is 0.103. The van der Waals surface area contributed by atoms with Gasteiger partial charge < -0.3 is 9.64 Å². The Kier molecular flexibility index (Phi) is 5.58. The van der Waals surface area contributed by atoms with Crippen LogP contribution in [0.5, 0.6) is 11.6 Å². The van der Waals surface area contributed by atoms with Crippen LogP contribution in [0.25, 0.3) is 11.0 Å². The van der Waals surface area contributed by atoms with Crippen molar-refractivity contribution in [1.29, 1.82) is 0 Å². The van der Waals surface area contributed by atoms with Gasteiger partial charge in [0.15, 0.2) is 0 Å². The Labute approximate surface area is 193 Å². The number of pyridine rings is 1. The van der Waals surface area contributed by atoms with Crippen LogP contribution in [-0.4, -0.2) is 62.4 Å². The molecule has 0 unspecified atom stereocenters. The van der Waals surface area contributed by atoms with Gasteiger partial charge in [-0.2, -0.15) is 0 Å². The highest BCUT2D eigenvalue weighted by Crippen LogP contribution is 2.37. The van der Waals surface area contributed by atoms with Gasteiger partial charge in [0.1, 0.15) is 11.3 Å². The van der Waals surface area contributed by atoms with Gasteiger partial charge in [0.2, 0.25) is 11.8 Å². The molecular weight excluding hydrogens is 484 g/mol. The smallest absolute Gasteiger partial charge is 0.236 e. The van der Waals surface area contributed by atoms with E-state index in [1.54, 1.807) is 11.1 Å². The summed E-state index contributed by atoms with van der Waals surface area (Å²) in [6, 6.07) is 5.72. The molecule has 0 spiro atoms. The number of halogens is 2. The van der Waals surface area contributed by atoms with E-state index in [2.05, 4.69) is 36.1 Å². The minimum Gasteiger partial charge on any atom is -0.437 e. The number of ether oxygens (including phenoxy) is 1. The van der Waals surface area contributed by atoms with E-state index in [4.69, 9.17) is 16.3 Å². The van der Waals surface area contributed by atoms with Crippen LogP contribution < -0.4 is 4.74 Å². The molecule has 31 heavy (non-hydrogen) atoms. The van der Waals surface area contributed by atoms with Gasteiger partial charge in [-0.15, -0.1) is 5.10 Å². The zero-order valence-electron chi connectivity index (χ0n) is 17.1. The van der Waals surface area contributed by atoms with Crippen molar-refractivity contribution in [2.75, 3.05) is 26.7 Å². The Hall–Kier alpha value is -2.23. The summed E-state index contributed by atoms with van der Waals surface area (Å²) in [7, 11) is 1.82. The van der Waals surface area contributed by atoms with E-state index in [0.717, 1.165) is 34.2 Å². The van der Waals surface area contributed by atoms with E-state index < -0.39 is 0 Å². The summed E-state index contributed by atoms with van der Waals surface area (Å²) in [6.45, 7) is 3.27. The maximum absolute atomic E-state index is 12.1. The standard InChI is InChI=1S/C21H22BrClN6O2/c1-27-6-7-28(12-18(27)30)11-14-8-15(23)9-24-21(14)31-17-5-4-16-20(19(17)22)25-26-29(16)10-13-2-3-13/h4-5,8-9,13H,2-3,6-7,10-12H2,1H3. The highest BCUT2D eigenvalue weighted by molar-refractivity contribution is 9.10. The lowest BCUT2D eigenvalue weighted by atomic mass is 10.2. The van der Waals surface area contributed by atoms with Gasteiger partial charge in [0, 0.05) is 45.0 Å². The number of rotatable bonds is 6. The van der Waals surface area contributed by atoms with Crippen molar-refractivity contribution in [2.24, 2.45) is 5.92 Å². The van der Waals surface area contributed by atoms with Gasteiger partial charge in [0.25, 0.3) is 0 Å². The summed E-state index contributed by atoms with van der Waals surface area (Å²) in [5.74, 6) is 1.88. The van der Waals surface area contributed by atoms with Gasteiger partial charge in [-0.25, -0.2) is 9.67 Å². The number of carbonyl (C=O) groups excluding carboxylic acids is 1. The first-order valence-corrected chi connectivity index (χ1v) is 11.5. The molecule has 5 rings (SSSR count). The molecule has 0 atom stereocenters. The van der Waals surface area contributed by atoms with Crippen molar-refractivity contribution >= 4 is 44.5 Å². The van der Waals surface area contributed by atoms with Crippen molar-refractivity contribution in [1.82, 2.24) is 29.8 Å². The molecule has 0 N–H and O–H groups in total. The van der Waals surface area contributed by atoms with E-state index in [9.17, 15) is 4.79 Å². The fourth-order valence-electron chi connectivity index (χ4n) is 3.71. The molecule has 1 saturated carbocycles. The number of carbonyl (C=O) groups is 1. The number of benzene rings is 1. The average Bonchev–Trinajstić information content (AvgIpc) is 3.47. The monoisotopic (exact) mass is 504 g/mol. The third-order valence-corrected chi connectivity index (χ3v) is 6.72. The van der Waals surface area contributed by atoms with Crippen LogP contribution in [-0.2, 0) is 17.9 Å². The van der Waals surface area contributed by atoms with Crippen LogP contribution in [0.15, 0.2) is 28.9 Å². The van der Waals surface area contributed by atoms with E-state index in [1.807, 2.05) is 29.9 Å². The number of aromatic nitrogens is 4. The lowest BCUT2D eigenvalue weighted by molar-refractivity contribution is -0.134. The fraction of sp³-hybridized carbons (Fsp3) is 0.429. The second-order valence-corrected chi connectivity index (χ2v) is 9.44. The molecule has 3 aromatic rings. The molecule has 1 aliphatic carbocycles. The molecule has 1 amide bonds. The fourth-order valence-corrected chi connectivity index (χ4v) is 4.38. The molecule has 1 saturated heterocycles. The normalized spacial score (nSPS) is 17.5. The molecule has 2 fully saturated rings. The zero-order valence-corrected chi connectivity index (χ0v) is 19.4. The van der Waals surface area contributed by atoms with Crippen molar-refractivity contribution in [3.05, 3.63) is 39.5 Å². The lowest BCUT2D eigenvalue weighted by Crippen LogP contribution is -2.48. The summed E-state index contributed by atoms with van der Waals surface area (Å²) < 4.78 is 8.88. The molecule has 8 nitrogen and oxygen atoms in total. The number of amides is 1. The quantitative estimate of drug-likeness (QED) is 0.508. The number of likely N-dealkylation sites (N-methyl/N-ethyl adjacent to an activating group) is 1.